The van der Waals surface area contributed by atoms with Gasteiger partial charge in [-0.1, -0.05) is 38.1 Å². The summed E-state index contributed by atoms with van der Waals surface area (Å²) in [6.45, 7) is 6.93. The van der Waals surface area contributed by atoms with Crippen LogP contribution >= 0.6 is 0 Å². The van der Waals surface area contributed by atoms with Gasteiger partial charge in [0.1, 0.15) is 0 Å². The first kappa shape index (κ1) is 16.3. The first-order valence-corrected chi connectivity index (χ1v) is 7.48. The molecule has 0 saturated carbocycles. The third-order valence-electron chi connectivity index (χ3n) is 3.98. The maximum atomic E-state index is 13.0. The van der Waals surface area contributed by atoms with Gasteiger partial charge in [-0.05, 0) is 17.0 Å². The first-order chi connectivity index (χ1) is 9.87. The summed E-state index contributed by atoms with van der Waals surface area (Å²) in [6.07, 6.45) is -4.93. The van der Waals surface area contributed by atoms with E-state index in [1.54, 1.807) is 0 Å². The third-order valence-corrected chi connectivity index (χ3v) is 3.98. The number of halogens is 3. The largest absolute Gasteiger partial charge is 0.390 e. The van der Waals surface area contributed by atoms with Crippen LogP contribution in [0.2, 0.25) is 0 Å². The van der Waals surface area contributed by atoms with Crippen LogP contribution in [-0.4, -0.2) is 37.3 Å². The Bertz CT molecular complexity index is 451. The van der Waals surface area contributed by atoms with Crippen LogP contribution in [0.5, 0.6) is 0 Å². The second kappa shape index (κ2) is 6.79. The molecule has 1 N–H and O–H groups in total. The molecule has 2 nitrogen and oxygen atoms in total. The molecule has 0 bridgehead atoms. The number of hydrogen-bond donors (Lipinski definition) is 1. The Hall–Kier alpha value is -1.07. The Labute approximate surface area is 124 Å². The molecule has 21 heavy (non-hydrogen) atoms. The lowest BCUT2D eigenvalue weighted by molar-refractivity contribution is -0.148. The van der Waals surface area contributed by atoms with E-state index in [0.29, 0.717) is 19.0 Å². The van der Waals surface area contributed by atoms with Gasteiger partial charge in [0, 0.05) is 32.2 Å². The molecule has 2 rings (SSSR count). The van der Waals surface area contributed by atoms with E-state index >= 15 is 0 Å². The Morgan fingerprint density at radius 3 is 2.33 bits per heavy atom. The highest BCUT2D eigenvalue weighted by Gasteiger charge is 2.36. The van der Waals surface area contributed by atoms with Crippen molar-refractivity contribution in [3.05, 3.63) is 35.4 Å². The molecule has 1 atom stereocenters. The molecule has 0 spiro atoms. The van der Waals surface area contributed by atoms with E-state index in [0.717, 1.165) is 24.2 Å². The highest BCUT2D eigenvalue weighted by Crippen LogP contribution is 2.34. The quantitative estimate of drug-likeness (QED) is 0.912. The van der Waals surface area contributed by atoms with E-state index in [2.05, 4.69) is 19.2 Å². The monoisotopic (exact) mass is 300 g/mol. The summed E-state index contributed by atoms with van der Waals surface area (Å²) >= 11 is 0. The summed E-state index contributed by atoms with van der Waals surface area (Å²) in [4.78, 5) is 1.95. The molecule has 1 aliphatic rings. The smallest absolute Gasteiger partial charge is 0.314 e. The van der Waals surface area contributed by atoms with E-state index in [1.165, 1.54) is 0 Å². The van der Waals surface area contributed by atoms with Gasteiger partial charge in [-0.3, -0.25) is 4.90 Å². The number of piperazine rings is 1. The van der Waals surface area contributed by atoms with E-state index < -0.39 is 18.6 Å². The Morgan fingerprint density at radius 1 is 1.14 bits per heavy atom. The van der Waals surface area contributed by atoms with Gasteiger partial charge in [0.05, 0.1) is 6.42 Å². The van der Waals surface area contributed by atoms with Crippen LogP contribution in [0.1, 0.15) is 43.4 Å². The minimum Gasteiger partial charge on any atom is -0.314 e. The predicted octanol–water partition coefficient (Wildman–Crippen LogP) is 3.71. The summed E-state index contributed by atoms with van der Waals surface area (Å²) in [6, 6.07) is 7.03. The van der Waals surface area contributed by atoms with E-state index in [4.69, 9.17) is 0 Å². The number of nitrogens with one attached hydrogen (secondary N) is 1. The maximum absolute atomic E-state index is 13.0. The normalized spacial score (nSPS) is 19.0. The van der Waals surface area contributed by atoms with Crippen molar-refractivity contribution in [2.45, 2.75) is 38.4 Å². The van der Waals surface area contributed by atoms with Crippen LogP contribution in [0, 0.1) is 0 Å². The highest BCUT2D eigenvalue weighted by molar-refractivity contribution is 5.28. The topological polar surface area (TPSA) is 15.3 Å². The molecule has 1 saturated heterocycles. The van der Waals surface area contributed by atoms with Crippen molar-refractivity contribution in [2.24, 2.45) is 0 Å². The highest BCUT2D eigenvalue weighted by atomic mass is 19.4. The Morgan fingerprint density at radius 2 is 1.76 bits per heavy atom. The van der Waals surface area contributed by atoms with Crippen molar-refractivity contribution in [1.29, 1.82) is 0 Å². The molecule has 118 valence electrons. The summed E-state index contributed by atoms with van der Waals surface area (Å²) < 4.78 is 38.9. The molecular weight excluding hydrogens is 277 g/mol. The molecule has 1 aromatic carbocycles. The molecule has 0 radical (unpaired) electrons. The molecule has 1 heterocycles. The van der Waals surface area contributed by atoms with Crippen LogP contribution in [0.4, 0.5) is 13.2 Å². The van der Waals surface area contributed by atoms with Crippen molar-refractivity contribution in [2.75, 3.05) is 26.2 Å². The summed E-state index contributed by atoms with van der Waals surface area (Å²) in [5.74, 6) is 0.319. The fourth-order valence-electron chi connectivity index (χ4n) is 2.80. The van der Waals surface area contributed by atoms with Gasteiger partial charge in [0.25, 0.3) is 0 Å². The fourth-order valence-corrected chi connectivity index (χ4v) is 2.80. The van der Waals surface area contributed by atoms with Crippen LogP contribution in [-0.2, 0) is 0 Å². The van der Waals surface area contributed by atoms with Gasteiger partial charge in [-0.15, -0.1) is 0 Å². The summed E-state index contributed by atoms with van der Waals surface area (Å²) in [7, 11) is 0. The Balaban J connectivity index is 2.27. The van der Waals surface area contributed by atoms with E-state index in [-0.39, 0.29) is 0 Å². The number of hydrogen-bond acceptors (Lipinski definition) is 2. The van der Waals surface area contributed by atoms with Gasteiger partial charge in [-0.2, -0.15) is 13.2 Å². The van der Waals surface area contributed by atoms with Crippen molar-refractivity contribution in [3.63, 3.8) is 0 Å². The zero-order chi connectivity index (χ0) is 15.5. The van der Waals surface area contributed by atoms with Gasteiger partial charge in [0.2, 0.25) is 0 Å². The fraction of sp³-hybridized carbons (Fsp3) is 0.625. The zero-order valence-corrected chi connectivity index (χ0v) is 12.6. The van der Waals surface area contributed by atoms with Crippen LogP contribution in [0.25, 0.3) is 0 Å². The van der Waals surface area contributed by atoms with E-state index in [1.807, 2.05) is 29.2 Å². The van der Waals surface area contributed by atoms with Crippen molar-refractivity contribution in [3.8, 4) is 0 Å². The second-order valence-corrected chi connectivity index (χ2v) is 5.95. The molecule has 1 fully saturated rings. The lowest BCUT2D eigenvalue weighted by Crippen LogP contribution is -2.46. The standard InChI is InChI=1S/C16H23F3N2/c1-12(2)13-4-3-5-14(10-13)15(11-16(17,18)19)21-8-6-20-7-9-21/h3-5,10,12,15,20H,6-9,11H2,1-2H3/t15-/m0/s1. The minimum absolute atomic E-state index is 0.319. The predicted molar refractivity (Wildman–Crippen MR) is 78.4 cm³/mol. The summed E-state index contributed by atoms with van der Waals surface area (Å²) in [5, 5.41) is 3.19. The average Bonchev–Trinajstić information content (AvgIpc) is 2.45. The van der Waals surface area contributed by atoms with Crippen LogP contribution in [0.3, 0.4) is 0 Å². The number of nitrogens with zero attached hydrogens (tertiary/aromatic N) is 1. The first-order valence-electron chi connectivity index (χ1n) is 7.48. The molecule has 0 amide bonds. The van der Waals surface area contributed by atoms with Gasteiger partial charge in [-0.25, -0.2) is 0 Å². The van der Waals surface area contributed by atoms with Crippen molar-refractivity contribution < 1.29 is 13.2 Å². The van der Waals surface area contributed by atoms with Gasteiger partial charge >= 0.3 is 6.18 Å². The lowest BCUT2D eigenvalue weighted by atomic mass is 9.95. The molecule has 0 aliphatic carbocycles. The van der Waals surface area contributed by atoms with Crippen LogP contribution in [0.15, 0.2) is 24.3 Å². The molecule has 5 heteroatoms. The van der Waals surface area contributed by atoms with Crippen molar-refractivity contribution in [1.82, 2.24) is 10.2 Å². The van der Waals surface area contributed by atoms with Crippen LogP contribution < -0.4 is 5.32 Å². The molecular formula is C16H23F3N2. The molecule has 1 aromatic rings. The molecule has 0 aromatic heterocycles. The summed E-state index contributed by atoms with van der Waals surface area (Å²) in [5.41, 5.74) is 1.87. The Kier molecular flexibility index (Phi) is 5.27. The number of alkyl halides is 3. The average molecular weight is 300 g/mol. The van der Waals surface area contributed by atoms with Gasteiger partial charge in [0.15, 0.2) is 0 Å². The van der Waals surface area contributed by atoms with Gasteiger partial charge < -0.3 is 5.32 Å². The minimum atomic E-state index is -4.15. The van der Waals surface area contributed by atoms with E-state index in [9.17, 15) is 13.2 Å². The number of rotatable bonds is 4. The maximum Gasteiger partial charge on any atom is 0.390 e. The SMILES string of the molecule is CC(C)c1cccc([C@H](CC(F)(F)F)N2CCNCC2)c1. The second-order valence-electron chi connectivity index (χ2n) is 5.95. The third kappa shape index (κ3) is 4.71. The molecule has 0 unspecified atom stereocenters. The lowest BCUT2D eigenvalue weighted by Gasteiger charge is -2.36. The number of benzene rings is 1. The molecule has 1 aliphatic heterocycles. The van der Waals surface area contributed by atoms with Crippen molar-refractivity contribution >= 4 is 0 Å². The zero-order valence-electron chi connectivity index (χ0n) is 12.6.